The lowest BCUT2D eigenvalue weighted by Gasteiger charge is -2.05. The van der Waals surface area contributed by atoms with E-state index in [1.165, 1.54) is 77.0 Å². The molecule has 7 heteroatoms. The van der Waals surface area contributed by atoms with Gasteiger partial charge in [0, 0.05) is 6.42 Å². The predicted molar refractivity (Wildman–Crippen MR) is 112 cm³/mol. The molecule has 6 nitrogen and oxygen atoms in total. The van der Waals surface area contributed by atoms with Crippen molar-refractivity contribution in [1.82, 2.24) is 0 Å². The number of rotatable bonds is 21. The Morgan fingerprint density at radius 3 is 1.54 bits per heavy atom. The molecule has 0 unspecified atom stereocenters. The zero-order valence-corrected chi connectivity index (χ0v) is 18.9. The molecule has 168 valence electrons. The van der Waals surface area contributed by atoms with E-state index < -0.39 is 10.1 Å². The summed E-state index contributed by atoms with van der Waals surface area (Å²) in [6.07, 6.45) is 20.6. The number of carbonyl (C=O) groups excluding carboxylic acids is 1. The van der Waals surface area contributed by atoms with Crippen LogP contribution in [-0.4, -0.2) is 33.9 Å². The molecule has 0 aliphatic rings. The first-order valence-corrected chi connectivity index (χ1v) is 12.9. The Balaban J connectivity index is 3.19. The summed E-state index contributed by atoms with van der Waals surface area (Å²) < 4.78 is 30.3. The standard InChI is InChI=1S/C21H42O6S/c1-3-4-5-6-7-8-9-10-11-12-13-14-15-16-17-18-21(22)25-19-20-26-27-28(2,23)24/h3-20H2,1-2H3. The maximum absolute atomic E-state index is 11.5. The SMILES string of the molecule is CCCCCCCCCCCCCCCCCC(=O)OCCOOS(C)(=O)=O. The Kier molecular flexibility index (Phi) is 19.2. The highest BCUT2D eigenvalue weighted by Gasteiger charge is 2.05. The van der Waals surface area contributed by atoms with Gasteiger partial charge in [0.1, 0.15) is 13.2 Å². The van der Waals surface area contributed by atoms with E-state index in [1.54, 1.807) is 0 Å². The Labute approximate surface area is 172 Å². The minimum absolute atomic E-state index is 0.00685. The lowest BCUT2D eigenvalue weighted by Crippen LogP contribution is -2.12. The summed E-state index contributed by atoms with van der Waals surface area (Å²) in [6.45, 7) is 2.15. The van der Waals surface area contributed by atoms with Crippen LogP contribution in [0.3, 0.4) is 0 Å². The van der Waals surface area contributed by atoms with Crippen molar-refractivity contribution in [2.45, 2.75) is 110 Å². The van der Waals surface area contributed by atoms with E-state index in [-0.39, 0.29) is 19.2 Å². The van der Waals surface area contributed by atoms with Crippen LogP contribution >= 0.6 is 0 Å². The number of unbranched alkanes of at least 4 members (excludes halogenated alkanes) is 14. The fraction of sp³-hybridized carbons (Fsp3) is 0.952. The molecule has 0 fully saturated rings. The third-order valence-corrected chi connectivity index (χ3v) is 4.93. The Hall–Kier alpha value is -0.660. The Morgan fingerprint density at radius 2 is 1.11 bits per heavy atom. The predicted octanol–water partition coefficient (Wildman–Crippen LogP) is 5.70. The van der Waals surface area contributed by atoms with Gasteiger partial charge in [0.05, 0.1) is 6.26 Å². The third-order valence-electron chi connectivity index (χ3n) is 4.59. The molecule has 0 aliphatic carbocycles. The van der Waals surface area contributed by atoms with Gasteiger partial charge in [-0.15, -0.1) is 4.33 Å². The monoisotopic (exact) mass is 422 g/mol. The molecule has 0 aromatic carbocycles. The molecule has 0 aromatic heterocycles. The molecule has 0 heterocycles. The fourth-order valence-corrected chi connectivity index (χ4v) is 3.27. The summed E-state index contributed by atoms with van der Waals surface area (Å²) in [5.41, 5.74) is 0. The lowest BCUT2D eigenvalue weighted by molar-refractivity contribution is -0.210. The average Bonchev–Trinajstić information content (AvgIpc) is 2.63. The normalized spacial score (nSPS) is 11.6. The van der Waals surface area contributed by atoms with Crippen LogP contribution in [0.4, 0.5) is 0 Å². The Bertz CT molecular complexity index is 450. The summed E-state index contributed by atoms with van der Waals surface area (Å²) >= 11 is 0. The highest BCUT2D eigenvalue weighted by atomic mass is 32.2. The number of esters is 1. The van der Waals surface area contributed by atoms with Gasteiger partial charge in [-0.25, -0.2) is 4.89 Å². The van der Waals surface area contributed by atoms with Crippen molar-refractivity contribution in [3.63, 3.8) is 0 Å². The van der Waals surface area contributed by atoms with Crippen LogP contribution in [0.1, 0.15) is 110 Å². The van der Waals surface area contributed by atoms with Crippen LogP contribution in [0.2, 0.25) is 0 Å². The quantitative estimate of drug-likeness (QED) is 0.102. The van der Waals surface area contributed by atoms with E-state index in [9.17, 15) is 13.2 Å². The molecule has 0 aliphatic heterocycles. The van der Waals surface area contributed by atoms with Gasteiger partial charge in [-0.2, -0.15) is 8.42 Å². The zero-order chi connectivity index (χ0) is 20.9. The smallest absolute Gasteiger partial charge is 0.305 e. The summed E-state index contributed by atoms with van der Waals surface area (Å²) in [5.74, 6) is -0.280. The first kappa shape index (κ1) is 27.3. The molecule has 0 bridgehead atoms. The minimum Gasteiger partial charge on any atom is -0.463 e. The van der Waals surface area contributed by atoms with Crippen molar-refractivity contribution in [3.8, 4) is 0 Å². The lowest BCUT2D eigenvalue weighted by atomic mass is 10.0. The number of ether oxygens (including phenoxy) is 1. The van der Waals surface area contributed by atoms with Gasteiger partial charge < -0.3 is 4.74 Å². The summed E-state index contributed by atoms with van der Waals surface area (Å²) in [5, 5.41) is 0. The second-order valence-electron chi connectivity index (χ2n) is 7.51. The first-order chi connectivity index (χ1) is 13.5. The molecule has 0 N–H and O–H groups in total. The summed E-state index contributed by atoms with van der Waals surface area (Å²) in [4.78, 5) is 15.9. The van der Waals surface area contributed by atoms with E-state index in [0.29, 0.717) is 6.42 Å². The van der Waals surface area contributed by atoms with Crippen LogP contribution < -0.4 is 0 Å². The maximum Gasteiger partial charge on any atom is 0.305 e. The number of hydrogen-bond donors (Lipinski definition) is 0. The summed E-state index contributed by atoms with van der Waals surface area (Å²) in [6, 6.07) is 0. The van der Waals surface area contributed by atoms with Crippen molar-refractivity contribution < 1.29 is 27.2 Å². The van der Waals surface area contributed by atoms with Crippen LogP contribution in [0.15, 0.2) is 0 Å². The highest BCUT2D eigenvalue weighted by Crippen LogP contribution is 2.13. The van der Waals surface area contributed by atoms with E-state index in [0.717, 1.165) is 25.5 Å². The fourth-order valence-electron chi connectivity index (χ4n) is 3.02. The van der Waals surface area contributed by atoms with Crippen LogP contribution in [-0.2, 0) is 28.9 Å². The Morgan fingerprint density at radius 1 is 0.679 bits per heavy atom. The molecule has 0 aromatic rings. The second kappa shape index (κ2) is 19.6. The van der Waals surface area contributed by atoms with Gasteiger partial charge >= 0.3 is 5.97 Å². The van der Waals surface area contributed by atoms with E-state index in [2.05, 4.69) is 16.1 Å². The average molecular weight is 423 g/mol. The minimum atomic E-state index is -3.63. The van der Waals surface area contributed by atoms with Crippen molar-refractivity contribution >= 4 is 16.1 Å². The number of carbonyl (C=O) groups is 1. The van der Waals surface area contributed by atoms with Gasteiger partial charge in [-0.05, 0) is 6.42 Å². The van der Waals surface area contributed by atoms with E-state index >= 15 is 0 Å². The van der Waals surface area contributed by atoms with Gasteiger partial charge in [0.2, 0.25) is 0 Å². The van der Waals surface area contributed by atoms with Gasteiger partial charge in [0.25, 0.3) is 10.1 Å². The maximum atomic E-state index is 11.5. The topological polar surface area (TPSA) is 78.9 Å². The van der Waals surface area contributed by atoms with Crippen molar-refractivity contribution in [2.24, 2.45) is 0 Å². The van der Waals surface area contributed by atoms with Gasteiger partial charge in [-0.1, -0.05) is 96.8 Å². The zero-order valence-electron chi connectivity index (χ0n) is 18.1. The van der Waals surface area contributed by atoms with Crippen molar-refractivity contribution in [2.75, 3.05) is 19.5 Å². The molecule has 0 saturated heterocycles. The first-order valence-electron chi connectivity index (χ1n) is 11.1. The molecule has 0 amide bonds. The molecule has 0 saturated carbocycles. The van der Waals surface area contributed by atoms with Crippen LogP contribution in [0.5, 0.6) is 0 Å². The molecule has 0 radical (unpaired) electrons. The molecular weight excluding hydrogens is 380 g/mol. The van der Waals surface area contributed by atoms with Gasteiger partial charge in [0.15, 0.2) is 0 Å². The third kappa shape index (κ3) is 23.4. The van der Waals surface area contributed by atoms with Crippen LogP contribution in [0.25, 0.3) is 0 Å². The van der Waals surface area contributed by atoms with Crippen molar-refractivity contribution in [1.29, 1.82) is 0 Å². The molecular formula is C21H42O6S. The summed E-state index contributed by atoms with van der Waals surface area (Å²) in [7, 11) is -3.63. The van der Waals surface area contributed by atoms with E-state index in [4.69, 9.17) is 4.74 Å². The second-order valence-corrected chi connectivity index (χ2v) is 9.06. The molecule has 0 spiro atoms. The van der Waals surface area contributed by atoms with Crippen LogP contribution in [0, 0.1) is 0 Å². The number of hydrogen-bond acceptors (Lipinski definition) is 6. The van der Waals surface area contributed by atoms with E-state index in [1.807, 2.05) is 0 Å². The van der Waals surface area contributed by atoms with Gasteiger partial charge in [-0.3, -0.25) is 4.79 Å². The molecule has 0 atom stereocenters. The van der Waals surface area contributed by atoms with Crippen molar-refractivity contribution in [3.05, 3.63) is 0 Å². The molecule has 28 heavy (non-hydrogen) atoms. The largest absolute Gasteiger partial charge is 0.463 e. The molecule has 0 rings (SSSR count). The highest BCUT2D eigenvalue weighted by molar-refractivity contribution is 7.85.